The van der Waals surface area contributed by atoms with Gasteiger partial charge in [-0.05, 0) is 25.1 Å². The van der Waals surface area contributed by atoms with Gasteiger partial charge < -0.3 is 4.52 Å². The third kappa shape index (κ3) is 4.30. The van der Waals surface area contributed by atoms with E-state index in [1.54, 1.807) is 6.07 Å². The summed E-state index contributed by atoms with van der Waals surface area (Å²) >= 11 is 12.0. The van der Waals surface area contributed by atoms with E-state index in [0.29, 0.717) is 42.9 Å². The number of benzene rings is 1. The van der Waals surface area contributed by atoms with Gasteiger partial charge in [-0.1, -0.05) is 42.2 Å². The Bertz CT molecular complexity index is 909. The van der Waals surface area contributed by atoms with Crippen molar-refractivity contribution in [2.24, 2.45) is 0 Å². The van der Waals surface area contributed by atoms with Crippen molar-refractivity contribution in [2.45, 2.75) is 37.6 Å². The molecule has 2 aromatic rings. The van der Waals surface area contributed by atoms with Gasteiger partial charge in [-0.15, -0.1) is 0 Å². The molecule has 1 fully saturated rings. The Balaban J connectivity index is 1.70. The Kier molecular flexibility index (Phi) is 6.12. The van der Waals surface area contributed by atoms with Gasteiger partial charge in [0.25, 0.3) is 0 Å². The monoisotopic (exact) mass is 432 g/mol. The van der Waals surface area contributed by atoms with Crippen molar-refractivity contribution in [3.05, 3.63) is 40.0 Å². The predicted octanol–water partition coefficient (Wildman–Crippen LogP) is 3.57. The number of aromatic nitrogens is 2. The molecule has 0 aliphatic carbocycles. The van der Waals surface area contributed by atoms with Crippen LogP contribution in [0.1, 0.15) is 44.4 Å². The van der Waals surface area contributed by atoms with Gasteiger partial charge in [-0.25, -0.2) is 8.42 Å². The number of hydrogen-bond donors (Lipinski definition) is 0. The van der Waals surface area contributed by atoms with Gasteiger partial charge in [-0.2, -0.15) is 9.29 Å². The van der Waals surface area contributed by atoms with Crippen LogP contribution < -0.4 is 0 Å². The molecule has 0 bridgehead atoms. The van der Waals surface area contributed by atoms with Crippen LogP contribution in [0.15, 0.2) is 27.6 Å². The average molecular weight is 433 g/mol. The summed E-state index contributed by atoms with van der Waals surface area (Å²) in [5.74, 6) is 1.42. The van der Waals surface area contributed by atoms with Crippen LogP contribution in [0, 0.1) is 0 Å². The maximum absolute atomic E-state index is 12.9. The van der Waals surface area contributed by atoms with Crippen molar-refractivity contribution in [3.63, 3.8) is 0 Å². The Hall–Kier alpha value is -1.19. The number of sulfonamides is 1. The molecule has 1 atom stereocenters. The smallest absolute Gasteiger partial charge is 0.244 e. The molecule has 0 unspecified atom stereocenters. The molecule has 0 spiro atoms. The van der Waals surface area contributed by atoms with Crippen LogP contribution in [0.3, 0.4) is 0 Å². The number of piperazine rings is 1. The lowest BCUT2D eigenvalue weighted by molar-refractivity contribution is 0.124. The van der Waals surface area contributed by atoms with Crippen molar-refractivity contribution < 1.29 is 12.9 Å². The van der Waals surface area contributed by atoms with Gasteiger partial charge in [0.15, 0.2) is 5.82 Å². The molecular formula is C17H22Cl2N4O3S. The van der Waals surface area contributed by atoms with Crippen LogP contribution in [0.4, 0.5) is 0 Å². The third-order valence-corrected chi connectivity index (χ3v) is 7.28. The third-order valence-electron chi connectivity index (χ3n) is 4.66. The summed E-state index contributed by atoms with van der Waals surface area (Å²) in [6.07, 6.45) is 0. The van der Waals surface area contributed by atoms with Gasteiger partial charge in [-0.3, -0.25) is 4.90 Å². The topological polar surface area (TPSA) is 79.5 Å². The molecule has 7 nitrogen and oxygen atoms in total. The normalized spacial score (nSPS) is 18.1. The van der Waals surface area contributed by atoms with E-state index in [9.17, 15) is 8.42 Å². The minimum Gasteiger partial charge on any atom is -0.338 e. The summed E-state index contributed by atoms with van der Waals surface area (Å²) in [5, 5.41) is 4.50. The second kappa shape index (κ2) is 8.05. The maximum atomic E-state index is 12.9. The van der Waals surface area contributed by atoms with Gasteiger partial charge in [0.2, 0.25) is 15.9 Å². The average Bonchev–Trinajstić information content (AvgIpc) is 3.13. The van der Waals surface area contributed by atoms with Crippen LogP contribution in [-0.2, 0) is 10.0 Å². The Labute approximate surface area is 169 Å². The lowest BCUT2D eigenvalue weighted by Gasteiger charge is -2.36. The molecule has 1 aliphatic heterocycles. The second-order valence-corrected chi connectivity index (χ2v) is 9.59. The molecular weight excluding hydrogens is 411 g/mol. The van der Waals surface area contributed by atoms with Crippen molar-refractivity contribution in [1.29, 1.82) is 0 Å². The van der Waals surface area contributed by atoms with E-state index in [0.717, 1.165) is 0 Å². The summed E-state index contributed by atoms with van der Waals surface area (Å²) in [5.41, 5.74) is 0. The van der Waals surface area contributed by atoms with E-state index in [2.05, 4.69) is 15.0 Å². The van der Waals surface area contributed by atoms with E-state index in [-0.39, 0.29) is 21.9 Å². The van der Waals surface area contributed by atoms with Gasteiger partial charge >= 0.3 is 0 Å². The molecule has 1 saturated heterocycles. The SMILES string of the molecule is CC(C)c1noc([C@@H](C)N2CCN(S(=O)(=O)c3cc(Cl)ccc3Cl)CC2)n1. The molecule has 0 N–H and O–H groups in total. The fraction of sp³-hybridized carbons (Fsp3) is 0.529. The summed E-state index contributed by atoms with van der Waals surface area (Å²) in [6, 6.07) is 4.37. The summed E-state index contributed by atoms with van der Waals surface area (Å²) in [4.78, 5) is 6.60. The standard InChI is InChI=1S/C17H22Cl2N4O3S/c1-11(2)16-20-17(26-21-16)12(3)22-6-8-23(9-7-22)27(24,25)15-10-13(18)4-5-14(15)19/h4-5,10-12H,6-9H2,1-3H3/t12-/m1/s1. The molecule has 1 aromatic heterocycles. The first-order chi connectivity index (χ1) is 12.7. The van der Waals surface area contributed by atoms with Crippen molar-refractivity contribution >= 4 is 33.2 Å². The number of halogens is 2. The Morgan fingerprint density at radius 3 is 2.37 bits per heavy atom. The van der Waals surface area contributed by atoms with Crippen LogP contribution in [0.25, 0.3) is 0 Å². The number of hydrogen-bond acceptors (Lipinski definition) is 6. The van der Waals surface area contributed by atoms with Crippen molar-refractivity contribution in [1.82, 2.24) is 19.3 Å². The highest BCUT2D eigenvalue weighted by Crippen LogP contribution is 2.29. The zero-order valence-corrected chi connectivity index (χ0v) is 17.7. The van der Waals surface area contributed by atoms with E-state index < -0.39 is 10.0 Å². The first-order valence-electron chi connectivity index (χ1n) is 8.73. The van der Waals surface area contributed by atoms with Crippen LogP contribution >= 0.6 is 23.2 Å². The molecule has 3 rings (SSSR count). The Morgan fingerprint density at radius 2 is 1.78 bits per heavy atom. The first kappa shape index (κ1) is 20.5. The number of rotatable bonds is 5. The highest BCUT2D eigenvalue weighted by molar-refractivity contribution is 7.89. The van der Waals surface area contributed by atoms with Crippen LogP contribution in [-0.4, -0.2) is 53.9 Å². The van der Waals surface area contributed by atoms with E-state index >= 15 is 0 Å². The number of nitrogens with zero attached hydrogens (tertiary/aromatic N) is 4. The largest absolute Gasteiger partial charge is 0.338 e. The second-order valence-electron chi connectivity index (χ2n) is 6.84. The van der Waals surface area contributed by atoms with E-state index in [1.165, 1.54) is 16.4 Å². The van der Waals surface area contributed by atoms with Gasteiger partial charge in [0, 0.05) is 37.1 Å². The summed E-state index contributed by atoms with van der Waals surface area (Å²) in [6.45, 7) is 7.79. The highest BCUT2D eigenvalue weighted by Gasteiger charge is 2.33. The molecule has 0 saturated carbocycles. The fourth-order valence-corrected chi connectivity index (χ4v) is 5.11. The Morgan fingerprint density at radius 1 is 1.11 bits per heavy atom. The molecule has 1 aliphatic rings. The van der Waals surface area contributed by atoms with E-state index in [4.69, 9.17) is 27.7 Å². The molecule has 2 heterocycles. The van der Waals surface area contributed by atoms with Crippen molar-refractivity contribution in [2.75, 3.05) is 26.2 Å². The van der Waals surface area contributed by atoms with Gasteiger partial charge in [0.1, 0.15) is 4.90 Å². The fourth-order valence-electron chi connectivity index (χ4n) is 2.95. The molecule has 0 radical (unpaired) electrons. The lowest BCUT2D eigenvalue weighted by Crippen LogP contribution is -2.49. The summed E-state index contributed by atoms with van der Waals surface area (Å²) in [7, 11) is -3.70. The molecule has 27 heavy (non-hydrogen) atoms. The summed E-state index contributed by atoms with van der Waals surface area (Å²) < 4.78 is 32.6. The van der Waals surface area contributed by atoms with Crippen LogP contribution in [0.2, 0.25) is 10.0 Å². The molecule has 148 valence electrons. The zero-order chi connectivity index (χ0) is 19.8. The first-order valence-corrected chi connectivity index (χ1v) is 10.9. The zero-order valence-electron chi connectivity index (χ0n) is 15.4. The quantitative estimate of drug-likeness (QED) is 0.718. The highest BCUT2D eigenvalue weighted by atomic mass is 35.5. The lowest BCUT2D eigenvalue weighted by atomic mass is 10.2. The van der Waals surface area contributed by atoms with Crippen LogP contribution in [0.5, 0.6) is 0 Å². The molecule has 10 heteroatoms. The predicted molar refractivity (Wildman–Crippen MR) is 104 cm³/mol. The minimum atomic E-state index is -3.70. The molecule has 0 amide bonds. The van der Waals surface area contributed by atoms with Gasteiger partial charge in [0.05, 0.1) is 11.1 Å². The maximum Gasteiger partial charge on any atom is 0.244 e. The van der Waals surface area contributed by atoms with Crippen molar-refractivity contribution in [3.8, 4) is 0 Å². The van der Waals surface area contributed by atoms with E-state index in [1.807, 2.05) is 20.8 Å². The minimum absolute atomic E-state index is 0.0386. The molecule has 1 aromatic carbocycles.